The van der Waals surface area contributed by atoms with Crippen molar-refractivity contribution in [1.29, 1.82) is 0 Å². The lowest BCUT2D eigenvalue weighted by Gasteiger charge is -2.20. The number of hydrogen-bond donors (Lipinski definition) is 1. The Bertz CT molecular complexity index is 1120. The van der Waals surface area contributed by atoms with Crippen LogP contribution in [0.5, 0.6) is 17.2 Å². The SMILES string of the molecule is CCN(CC)S(=O)(=O)c1ccc(OC(C)C)c(NC(=O)/C=C/c2ccc3c(c2)OCCO3)c1. The third-order valence-corrected chi connectivity index (χ3v) is 6.95. The summed E-state index contributed by atoms with van der Waals surface area (Å²) >= 11 is 0. The Labute approximate surface area is 195 Å². The molecule has 0 unspecified atom stereocenters. The lowest BCUT2D eigenvalue weighted by molar-refractivity contribution is -0.111. The van der Waals surface area contributed by atoms with Crippen molar-refractivity contribution in [2.24, 2.45) is 0 Å². The summed E-state index contributed by atoms with van der Waals surface area (Å²) in [6.45, 7) is 8.96. The first kappa shape index (κ1) is 24.6. The Morgan fingerprint density at radius 2 is 1.79 bits per heavy atom. The molecule has 8 nitrogen and oxygen atoms in total. The molecule has 0 fully saturated rings. The van der Waals surface area contributed by atoms with Crippen LogP contribution in [0, 0.1) is 0 Å². The van der Waals surface area contributed by atoms with Gasteiger partial charge in [0, 0.05) is 19.2 Å². The summed E-state index contributed by atoms with van der Waals surface area (Å²) in [7, 11) is -3.69. The van der Waals surface area contributed by atoms with Crippen LogP contribution >= 0.6 is 0 Å². The number of hydrogen-bond acceptors (Lipinski definition) is 6. The number of ether oxygens (including phenoxy) is 3. The highest BCUT2D eigenvalue weighted by Gasteiger charge is 2.23. The van der Waals surface area contributed by atoms with Crippen molar-refractivity contribution in [3.8, 4) is 17.2 Å². The molecular weight excluding hydrogens is 444 g/mol. The van der Waals surface area contributed by atoms with E-state index in [-0.39, 0.29) is 16.7 Å². The molecule has 0 saturated heterocycles. The van der Waals surface area contributed by atoms with Gasteiger partial charge in [-0.3, -0.25) is 4.79 Å². The number of nitrogens with one attached hydrogen (secondary N) is 1. The van der Waals surface area contributed by atoms with Crippen molar-refractivity contribution in [2.75, 3.05) is 31.6 Å². The Balaban J connectivity index is 1.84. The van der Waals surface area contributed by atoms with E-state index < -0.39 is 15.9 Å². The zero-order valence-electron chi connectivity index (χ0n) is 19.3. The van der Waals surface area contributed by atoms with Crippen molar-refractivity contribution >= 4 is 27.7 Å². The number of nitrogens with zero attached hydrogens (tertiary/aromatic N) is 1. The fraction of sp³-hybridized carbons (Fsp3) is 0.375. The maximum atomic E-state index is 12.9. The Morgan fingerprint density at radius 3 is 2.45 bits per heavy atom. The molecule has 1 aliphatic heterocycles. The van der Waals surface area contributed by atoms with Gasteiger partial charge in [-0.1, -0.05) is 19.9 Å². The number of fused-ring (bicyclic) bond motifs is 1. The Kier molecular flexibility index (Phi) is 7.99. The lowest BCUT2D eigenvalue weighted by atomic mass is 10.2. The lowest BCUT2D eigenvalue weighted by Crippen LogP contribution is -2.30. The second-order valence-corrected chi connectivity index (χ2v) is 9.58. The molecule has 33 heavy (non-hydrogen) atoms. The van der Waals surface area contributed by atoms with E-state index in [1.807, 2.05) is 19.9 Å². The molecule has 2 aromatic carbocycles. The molecule has 0 bridgehead atoms. The van der Waals surface area contributed by atoms with Crippen LogP contribution < -0.4 is 19.5 Å². The van der Waals surface area contributed by atoms with E-state index in [2.05, 4.69) is 5.32 Å². The van der Waals surface area contributed by atoms with Crippen molar-refractivity contribution in [2.45, 2.75) is 38.7 Å². The molecule has 1 N–H and O–H groups in total. The molecule has 2 aromatic rings. The van der Waals surface area contributed by atoms with Crippen LogP contribution in [0.25, 0.3) is 6.08 Å². The fourth-order valence-corrected chi connectivity index (χ4v) is 4.83. The highest BCUT2D eigenvalue weighted by molar-refractivity contribution is 7.89. The predicted octanol–water partition coefficient (Wildman–Crippen LogP) is 3.93. The Morgan fingerprint density at radius 1 is 1.09 bits per heavy atom. The maximum Gasteiger partial charge on any atom is 0.248 e. The minimum atomic E-state index is -3.69. The van der Waals surface area contributed by atoms with Crippen molar-refractivity contribution in [3.05, 3.63) is 48.0 Å². The van der Waals surface area contributed by atoms with Crippen molar-refractivity contribution in [1.82, 2.24) is 4.31 Å². The average Bonchev–Trinajstić information content (AvgIpc) is 2.79. The molecular formula is C24H30N2O6S. The number of sulfonamides is 1. The molecule has 0 aliphatic carbocycles. The molecule has 1 aliphatic rings. The molecule has 1 heterocycles. The van der Waals surface area contributed by atoms with Gasteiger partial charge in [-0.2, -0.15) is 4.31 Å². The topological polar surface area (TPSA) is 94.2 Å². The largest absolute Gasteiger partial charge is 0.489 e. The van der Waals surface area contributed by atoms with Crippen molar-refractivity contribution in [3.63, 3.8) is 0 Å². The van der Waals surface area contributed by atoms with Gasteiger partial charge in [0.2, 0.25) is 15.9 Å². The van der Waals surface area contributed by atoms with E-state index >= 15 is 0 Å². The average molecular weight is 475 g/mol. The third kappa shape index (κ3) is 6.06. The minimum absolute atomic E-state index is 0.0911. The molecule has 1 amide bonds. The summed E-state index contributed by atoms with van der Waals surface area (Å²) in [5, 5.41) is 2.75. The van der Waals surface area contributed by atoms with Crippen LogP contribution in [0.2, 0.25) is 0 Å². The summed E-state index contributed by atoms with van der Waals surface area (Å²) in [6.07, 6.45) is 2.86. The van der Waals surface area contributed by atoms with Gasteiger partial charge in [0.25, 0.3) is 0 Å². The first-order valence-electron chi connectivity index (χ1n) is 10.9. The second kappa shape index (κ2) is 10.7. The van der Waals surface area contributed by atoms with Gasteiger partial charge in [0.05, 0.1) is 16.7 Å². The number of carbonyl (C=O) groups is 1. The van der Waals surface area contributed by atoms with E-state index in [1.165, 1.54) is 22.5 Å². The highest BCUT2D eigenvalue weighted by Crippen LogP contribution is 2.32. The molecule has 0 atom stereocenters. The van der Waals surface area contributed by atoms with Crippen LogP contribution in [0.15, 0.2) is 47.4 Å². The second-order valence-electron chi connectivity index (χ2n) is 7.64. The molecule has 0 radical (unpaired) electrons. The highest BCUT2D eigenvalue weighted by atomic mass is 32.2. The number of benzene rings is 2. The van der Waals surface area contributed by atoms with Crippen LogP contribution in [-0.4, -0.2) is 51.0 Å². The standard InChI is InChI=1S/C24H30N2O6S/c1-5-26(6-2)33(28,29)19-9-11-21(32-17(3)4)20(16-19)25-24(27)12-8-18-7-10-22-23(15-18)31-14-13-30-22/h7-12,15-17H,5-6,13-14H2,1-4H3,(H,25,27)/b12-8+. The number of rotatable bonds is 9. The number of carbonyl (C=O) groups excluding carboxylic acids is 1. The van der Waals surface area contributed by atoms with E-state index in [9.17, 15) is 13.2 Å². The fourth-order valence-electron chi connectivity index (χ4n) is 3.35. The first-order valence-corrected chi connectivity index (χ1v) is 12.4. The van der Waals surface area contributed by atoms with E-state index in [0.717, 1.165) is 5.56 Å². The molecule has 9 heteroatoms. The van der Waals surface area contributed by atoms with Crippen LogP contribution in [-0.2, 0) is 14.8 Å². The smallest absolute Gasteiger partial charge is 0.248 e. The van der Waals surface area contributed by atoms with Gasteiger partial charge in [0.15, 0.2) is 11.5 Å². The normalized spacial score (nSPS) is 13.5. The molecule has 0 aromatic heterocycles. The van der Waals surface area contributed by atoms with Gasteiger partial charge in [-0.15, -0.1) is 0 Å². The number of amides is 1. The van der Waals surface area contributed by atoms with E-state index in [1.54, 1.807) is 38.1 Å². The number of anilines is 1. The maximum absolute atomic E-state index is 12.9. The quantitative estimate of drug-likeness (QED) is 0.554. The first-order chi connectivity index (χ1) is 15.7. The third-order valence-electron chi connectivity index (χ3n) is 4.91. The molecule has 3 rings (SSSR count). The monoisotopic (exact) mass is 474 g/mol. The molecule has 0 spiro atoms. The summed E-state index contributed by atoms with van der Waals surface area (Å²) < 4.78 is 44.1. The van der Waals surface area contributed by atoms with E-state index in [4.69, 9.17) is 14.2 Å². The van der Waals surface area contributed by atoms with Gasteiger partial charge in [-0.05, 0) is 55.8 Å². The Hall–Kier alpha value is -3.04. The van der Waals surface area contributed by atoms with Gasteiger partial charge in [-0.25, -0.2) is 8.42 Å². The van der Waals surface area contributed by atoms with E-state index in [0.29, 0.717) is 43.6 Å². The summed E-state index contributed by atoms with van der Waals surface area (Å²) in [4.78, 5) is 12.7. The zero-order valence-corrected chi connectivity index (χ0v) is 20.1. The van der Waals surface area contributed by atoms with Crippen LogP contribution in [0.3, 0.4) is 0 Å². The van der Waals surface area contributed by atoms with Gasteiger partial charge < -0.3 is 19.5 Å². The van der Waals surface area contributed by atoms with Crippen molar-refractivity contribution < 1.29 is 27.4 Å². The van der Waals surface area contributed by atoms with Crippen LogP contribution in [0.4, 0.5) is 5.69 Å². The summed E-state index contributed by atoms with van der Waals surface area (Å²) in [5.74, 6) is 1.27. The summed E-state index contributed by atoms with van der Waals surface area (Å²) in [5.41, 5.74) is 1.06. The van der Waals surface area contributed by atoms with Crippen LogP contribution in [0.1, 0.15) is 33.3 Å². The summed E-state index contributed by atoms with van der Waals surface area (Å²) in [6, 6.07) is 9.90. The predicted molar refractivity (Wildman–Crippen MR) is 127 cm³/mol. The minimum Gasteiger partial charge on any atom is -0.489 e. The van der Waals surface area contributed by atoms with Gasteiger partial charge in [0.1, 0.15) is 19.0 Å². The molecule has 178 valence electrons. The molecule has 0 saturated carbocycles. The zero-order chi connectivity index (χ0) is 24.0. The van der Waals surface area contributed by atoms with Gasteiger partial charge >= 0.3 is 0 Å².